The van der Waals surface area contributed by atoms with Crippen LogP contribution in [0.1, 0.15) is 60.8 Å². The molecule has 3 aromatic rings. The standard InChI is InChI=1S/C35H38N4O8S/c1-5-43-29-18-24(14-17-28(29)46-20-23-12-15-25(16-13-23)33(41)44-6-2)19-36-39-30(40)21-47-27-11-9-8-10-26(27)32-31(34(42)45-7-3)22(4)37-35(48)38-32/h8-19,32H,5-7,20-21H2,1-4H3,(H,39,40)(H2,37,38,48)/t32-/m0/s1. The van der Waals surface area contributed by atoms with Gasteiger partial charge in [0, 0.05) is 11.3 Å². The second-order valence-corrected chi connectivity index (χ2v) is 10.7. The smallest absolute Gasteiger partial charge is 0.338 e. The third-order valence-electron chi connectivity index (χ3n) is 6.88. The number of hydrogen-bond acceptors (Lipinski definition) is 10. The first-order valence-electron chi connectivity index (χ1n) is 15.4. The van der Waals surface area contributed by atoms with Crippen molar-refractivity contribution in [2.45, 2.75) is 40.3 Å². The van der Waals surface area contributed by atoms with Gasteiger partial charge < -0.3 is 34.3 Å². The molecule has 0 bridgehead atoms. The van der Waals surface area contributed by atoms with Gasteiger partial charge in [-0.1, -0.05) is 30.3 Å². The lowest BCUT2D eigenvalue weighted by Gasteiger charge is -2.30. The van der Waals surface area contributed by atoms with E-state index in [2.05, 4.69) is 21.2 Å². The monoisotopic (exact) mass is 674 g/mol. The number of allylic oxidation sites excluding steroid dienone is 1. The number of para-hydroxylation sites is 1. The Kier molecular flexibility index (Phi) is 12.9. The van der Waals surface area contributed by atoms with Crippen molar-refractivity contribution in [1.82, 2.24) is 16.1 Å². The minimum atomic E-state index is -0.640. The van der Waals surface area contributed by atoms with Crippen LogP contribution < -0.4 is 30.3 Å². The van der Waals surface area contributed by atoms with Gasteiger partial charge in [0.05, 0.1) is 43.2 Å². The fraction of sp³-hybridized carbons (Fsp3) is 0.286. The van der Waals surface area contributed by atoms with Crippen molar-refractivity contribution in [1.29, 1.82) is 0 Å². The highest BCUT2D eigenvalue weighted by Gasteiger charge is 2.32. The lowest BCUT2D eigenvalue weighted by atomic mass is 9.95. The maximum atomic E-state index is 12.8. The molecule has 1 amide bonds. The highest BCUT2D eigenvalue weighted by molar-refractivity contribution is 7.80. The van der Waals surface area contributed by atoms with E-state index in [1.807, 2.05) is 6.92 Å². The maximum Gasteiger partial charge on any atom is 0.338 e. The second kappa shape index (κ2) is 17.5. The van der Waals surface area contributed by atoms with E-state index < -0.39 is 17.9 Å². The normalized spacial score (nSPS) is 14.1. The summed E-state index contributed by atoms with van der Waals surface area (Å²) in [5.41, 5.74) is 6.01. The Morgan fingerprint density at radius 3 is 2.31 bits per heavy atom. The largest absolute Gasteiger partial charge is 0.490 e. The number of benzene rings is 3. The number of rotatable bonds is 15. The number of hydrazone groups is 1. The van der Waals surface area contributed by atoms with Gasteiger partial charge in [-0.2, -0.15) is 5.10 Å². The first kappa shape index (κ1) is 35.4. The molecule has 1 heterocycles. The second-order valence-electron chi connectivity index (χ2n) is 10.3. The lowest BCUT2D eigenvalue weighted by Crippen LogP contribution is -2.45. The van der Waals surface area contributed by atoms with Crippen LogP contribution in [0.2, 0.25) is 0 Å². The molecule has 1 atom stereocenters. The summed E-state index contributed by atoms with van der Waals surface area (Å²) < 4.78 is 27.9. The molecule has 48 heavy (non-hydrogen) atoms. The van der Waals surface area contributed by atoms with Crippen molar-refractivity contribution in [3.8, 4) is 17.2 Å². The maximum absolute atomic E-state index is 12.8. The molecule has 12 nitrogen and oxygen atoms in total. The first-order valence-corrected chi connectivity index (χ1v) is 15.8. The summed E-state index contributed by atoms with van der Waals surface area (Å²) in [7, 11) is 0. The van der Waals surface area contributed by atoms with Gasteiger partial charge in [0.2, 0.25) is 0 Å². The first-order chi connectivity index (χ1) is 23.2. The van der Waals surface area contributed by atoms with Crippen molar-refractivity contribution in [3.05, 3.63) is 100 Å². The van der Waals surface area contributed by atoms with Gasteiger partial charge in [-0.15, -0.1) is 0 Å². The van der Waals surface area contributed by atoms with Crippen LogP contribution in [-0.4, -0.2) is 55.6 Å². The number of esters is 2. The molecule has 0 radical (unpaired) electrons. The zero-order valence-corrected chi connectivity index (χ0v) is 28.0. The van der Waals surface area contributed by atoms with Crippen molar-refractivity contribution < 1.29 is 38.1 Å². The van der Waals surface area contributed by atoms with Crippen LogP contribution in [0.5, 0.6) is 17.2 Å². The Hall–Kier alpha value is -5.43. The van der Waals surface area contributed by atoms with E-state index in [1.165, 1.54) is 6.21 Å². The van der Waals surface area contributed by atoms with Gasteiger partial charge in [0.15, 0.2) is 23.2 Å². The van der Waals surface area contributed by atoms with Crippen LogP contribution in [0.4, 0.5) is 0 Å². The van der Waals surface area contributed by atoms with Gasteiger partial charge in [-0.3, -0.25) is 4.79 Å². The lowest BCUT2D eigenvalue weighted by molar-refractivity contribution is -0.139. The third-order valence-corrected chi connectivity index (χ3v) is 7.10. The van der Waals surface area contributed by atoms with E-state index >= 15 is 0 Å². The van der Waals surface area contributed by atoms with Gasteiger partial charge >= 0.3 is 11.9 Å². The molecule has 3 N–H and O–H groups in total. The Labute approximate surface area is 284 Å². The predicted molar refractivity (Wildman–Crippen MR) is 183 cm³/mol. The molecular formula is C35H38N4O8S. The fourth-order valence-corrected chi connectivity index (χ4v) is 4.99. The number of amides is 1. The average Bonchev–Trinajstić information content (AvgIpc) is 3.07. The van der Waals surface area contributed by atoms with E-state index in [4.69, 9.17) is 35.9 Å². The van der Waals surface area contributed by atoms with Gasteiger partial charge in [-0.05, 0) is 87.4 Å². The van der Waals surface area contributed by atoms with E-state index in [9.17, 15) is 14.4 Å². The molecule has 13 heteroatoms. The molecule has 1 aliphatic heterocycles. The Morgan fingerprint density at radius 1 is 0.854 bits per heavy atom. The summed E-state index contributed by atoms with van der Waals surface area (Å²) in [6.07, 6.45) is 1.48. The summed E-state index contributed by atoms with van der Waals surface area (Å²) in [6, 6.07) is 18.7. The number of ether oxygens (including phenoxy) is 5. The summed E-state index contributed by atoms with van der Waals surface area (Å²) in [6.45, 7) is 7.97. The van der Waals surface area contributed by atoms with Crippen LogP contribution in [-0.2, 0) is 25.7 Å². The van der Waals surface area contributed by atoms with Crippen LogP contribution in [0.15, 0.2) is 83.1 Å². The Morgan fingerprint density at radius 2 is 1.58 bits per heavy atom. The molecule has 3 aromatic carbocycles. The minimum Gasteiger partial charge on any atom is -0.490 e. The summed E-state index contributed by atoms with van der Waals surface area (Å²) in [5.74, 6) is 0.0716. The highest BCUT2D eigenvalue weighted by atomic mass is 32.1. The number of nitrogens with one attached hydrogen (secondary N) is 3. The van der Waals surface area contributed by atoms with Crippen LogP contribution in [0.25, 0.3) is 0 Å². The van der Waals surface area contributed by atoms with E-state index in [0.29, 0.717) is 63.5 Å². The zero-order chi connectivity index (χ0) is 34.5. The molecular weight excluding hydrogens is 636 g/mol. The Balaban J connectivity index is 1.36. The minimum absolute atomic E-state index is 0.215. The summed E-state index contributed by atoms with van der Waals surface area (Å²) in [4.78, 5) is 37.3. The highest BCUT2D eigenvalue weighted by Crippen LogP contribution is 2.34. The number of carbonyl (C=O) groups excluding carboxylic acids is 3. The molecule has 0 unspecified atom stereocenters. The molecule has 4 rings (SSSR count). The number of nitrogens with zero attached hydrogens (tertiary/aromatic N) is 1. The van der Waals surface area contributed by atoms with E-state index in [1.54, 1.807) is 87.5 Å². The number of thiocarbonyl (C=S) groups is 1. The molecule has 0 saturated heterocycles. The SMILES string of the molecule is CCOC(=O)C1=C(C)NC(=S)N[C@H]1c1ccccc1OCC(=O)NN=Cc1ccc(OCc2ccc(C(=O)OCC)cc2)c(OCC)c1. The molecule has 0 spiro atoms. The quantitative estimate of drug-likeness (QED) is 0.0891. The topological polar surface area (TPSA) is 146 Å². The van der Waals surface area contributed by atoms with Crippen molar-refractivity contribution in [3.63, 3.8) is 0 Å². The molecule has 1 aliphatic rings. The molecule has 0 aromatic heterocycles. The molecule has 0 saturated carbocycles. The van der Waals surface area contributed by atoms with Crippen LogP contribution in [0, 0.1) is 0 Å². The fourth-order valence-electron chi connectivity index (χ4n) is 4.72. The summed E-state index contributed by atoms with van der Waals surface area (Å²) in [5, 5.41) is 10.5. The Bertz CT molecular complexity index is 1690. The van der Waals surface area contributed by atoms with E-state index in [0.717, 1.165) is 5.56 Å². The van der Waals surface area contributed by atoms with Crippen LogP contribution in [0.3, 0.4) is 0 Å². The van der Waals surface area contributed by atoms with Gasteiger partial charge in [0.1, 0.15) is 12.4 Å². The summed E-state index contributed by atoms with van der Waals surface area (Å²) >= 11 is 5.33. The predicted octanol–water partition coefficient (Wildman–Crippen LogP) is 4.73. The number of carbonyl (C=O) groups is 3. The van der Waals surface area contributed by atoms with Crippen LogP contribution >= 0.6 is 12.2 Å². The van der Waals surface area contributed by atoms with E-state index in [-0.39, 0.29) is 25.8 Å². The molecule has 252 valence electrons. The number of hydrogen-bond donors (Lipinski definition) is 3. The molecule has 0 aliphatic carbocycles. The zero-order valence-electron chi connectivity index (χ0n) is 27.2. The van der Waals surface area contributed by atoms with Crippen molar-refractivity contribution >= 4 is 41.4 Å². The van der Waals surface area contributed by atoms with Gasteiger partial charge in [0.25, 0.3) is 5.91 Å². The van der Waals surface area contributed by atoms with Gasteiger partial charge in [-0.25, -0.2) is 15.0 Å². The third kappa shape index (κ3) is 9.55. The average molecular weight is 675 g/mol. The molecule has 0 fully saturated rings. The van der Waals surface area contributed by atoms with Crippen molar-refractivity contribution in [2.75, 3.05) is 26.4 Å². The van der Waals surface area contributed by atoms with Crippen molar-refractivity contribution in [2.24, 2.45) is 5.10 Å².